The molecule has 15 heteroatoms. The molecule has 0 radical (unpaired) electrons. The summed E-state index contributed by atoms with van der Waals surface area (Å²) in [7, 11) is -0.841. The van der Waals surface area contributed by atoms with Gasteiger partial charge < -0.3 is 15.2 Å². The minimum absolute atomic E-state index is 0. The number of carbonyl (C=O) groups excluding carboxylic acids is 1. The van der Waals surface area contributed by atoms with Crippen molar-refractivity contribution in [3.8, 4) is 11.1 Å². The van der Waals surface area contributed by atoms with Crippen molar-refractivity contribution in [2.75, 3.05) is 43.4 Å². The molecule has 0 saturated carbocycles. The number of benzene rings is 1. The van der Waals surface area contributed by atoms with Crippen LogP contribution in [0.25, 0.3) is 22.2 Å². The fourth-order valence-electron chi connectivity index (χ4n) is 4.71. The van der Waals surface area contributed by atoms with Gasteiger partial charge in [-0.15, -0.1) is 12.4 Å². The van der Waals surface area contributed by atoms with Crippen LogP contribution in [0, 0.1) is 11.6 Å². The zero-order valence-electron chi connectivity index (χ0n) is 23.2. The maximum absolute atomic E-state index is 15.4. The Morgan fingerprint density at radius 2 is 1.79 bits per heavy atom. The highest BCUT2D eigenvalue weighted by Gasteiger charge is 2.27. The van der Waals surface area contributed by atoms with Crippen LogP contribution in [-0.2, 0) is 10.2 Å². The van der Waals surface area contributed by atoms with E-state index >= 15 is 4.39 Å². The number of carbonyl (C=O) groups is 1. The molecule has 4 heterocycles. The molecule has 0 aliphatic carbocycles. The van der Waals surface area contributed by atoms with E-state index in [1.165, 1.54) is 13.2 Å². The Hall–Kier alpha value is -3.72. The molecule has 0 bridgehead atoms. The summed E-state index contributed by atoms with van der Waals surface area (Å²) in [6.45, 7) is 3.41. The van der Waals surface area contributed by atoms with E-state index < -0.39 is 38.9 Å². The maximum Gasteiger partial charge on any atom is 0.301 e. The molecule has 1 aliphatic rings. The normalized spacial score (nSPS) is 14.3. The molecular weight excluding hydrogens is 590 g/mol. The zero-order chi connectivity index (χ0) is 29.3. The van der Waals surface area contributed by atoms with E-state index in [0.717, 1.165) is 42.4 Å². The molecule has 42 heavy (non-hydrogen) atoms. The molecule has 224 valence electrons. The molecule has 5 rings (SSSR count). The van der Waals surface area contributed by atoms with Crippen LogP contribution in [0.4, 0.5) is 20.4 Å². The molecule has 0 spiro atoms. The van der Waals surface area contributed by atoms with E-state index in [0.29, 0.717) is 34.2 Å². The number of ketones is 1. The smallest absolute Gasteiger partial charge is 0.301 e. The zero-order valence-corrected chi connectivity index (χ0v) is 24.8. The molecular formula is C27H31ClF2N8O3S. The summed E-state index contributed by atoms with van der Waals surface area (Å²) in [4.78, 5) is 31.8. The Kier molecular flexibility index (Phi) is 9.40. The van der Waals surface area contributed by atoms with Gasteiger partial charge in [0.2, 0.25) is 11.7 Å². The number of rotatable bonds is 9. The second-order valence-corrected chi connectivity index (χ2v) is 11.6. The van der Waals surface area contributed by atoms with E-state index in [9.17, 15) is 17.6 Å². The Bertz CT molecular complexity index is 1690. The van der Waals surface area contributed by atoms with E-state index in [2.05, 4.69) is 34.9 Å². The van der Waals surface area contributed by atoms with Gasteiger partial charge in [0.25, 0.3) is 0 Å². The minimum atomic E-state index is -4.10. The van der Waals surface area contributed by atoms with Crippen molar-refractivity contribution in [3.05, 3.63) is 65.7 Å². The quantitative estimate of drug-likeness (QED) is 0.241. The van der Waals surface area contributed by atoms with Gasteiger partial charge in [0.05, 0.1) is 11.3 Å². The maximum atomic E-state index is 15.4. The third-order valence-electron chi connectivity index (χ3n) is 7.35. The number of nitrogens with zero attached hydrogens (tertiary/aromatic N) is 5. The van der Waals surface area contributed by atoms with Gasteiger partial charge >= 0.3 is 10.2 Å². The number of pyridine rings is 1. The van der Waals surface area contributed by atoms with Crippen LogP contribution in [0.1, 0.15) is 35.7 Å². The Morgan fingerprint density at radius 1 is 1.12 bits per heavy atom. The standard InChI is InChI=1S/C27H30F2N8O3S.ClH/c1-4-36(3)41(39,40)35-22-6-5-21(28)23(24(22)29)25(38)20-15-32-26-19(20)11-16(12-31-26)17-13-33-27(34-14-17)37-9-7-18(30-2)8-10-37;/h5-6,11-15,18,30,35H,4,7-10H2,1-3H3,(H,31,32);1H. The predicted octanol–water partition coefficient (Wildman–Crippen LogP) is 3.75. The molecule has 4 aromatic rings. The van der Waals surface area contributed by atoms with Crippen LogP contribution < -0.4 is 14.9 Å². The lowest BCUT2D eigenvalue weighted by atomic mass is 10.0. The number of piperidine rings is 1. The first-order valence-electron chi connectivity index (χ1n) is 13.1. The third kappa shape index (κ3) is 6.07. The summed E-state index contributed by atoms with van der Waals surface area (Å²) in [5.41, 5.74) is 0.150. The lowest BCUT2D eigenvalue weighted by Crippen LogP contribution is -2.41. The summed E-state index contributed by atoms with van der Waals surface area (Å²) in [6.07, 6.45) is 8.25. The highest BCUT2D eigenvalue weighted by molar-refractivity contribution is 7.90. The van der Waals surface area contributed by atoms with Gasteiger partial charge in [-0.05, 0) is 38.1 Å². The van der Waals surface area contributed by atoms with Gasteiger partial charge in [-0.1, -0.05) is 6.92 Å². The lowest BCUT2D eigenvalue weighted by molar-refractivity contribution is 0.103. The highest BCUT2D eigenvalue weighted by Crippen LogP contribution is 2.30. The number of aromatic amines is 1. The van der Waals surface area contributed by atoms with Gasteiger partial charge in [0.1, 0.15) is 11.5 Å². The number of hydrogen-bond acceptors (Lipinski definition) is 8. The van der Waals surface area contributed by atoms with Gasteiger partial charge in [-0.3, -0.25) is 9.52 Å². The average molecular weight is 621 g/mol. The largest absolute Gasteiger partial charge is 0.345 e. The Morgan fingerprint density at radius 3 is 2.43 bits per heavy atom. The van der Waals surface area contributed by atoms with E-state index in [1.54, 1.807) is 31.6 Å². The predicted molar refractivity (Wildman–Crippen MR) is 159 cm³/mol. The number of halogens is 3. The van der Waals surface area contributed by atoms with Gasteiger partial charge in [-0.25, -0.2) is 23.7 Å². The molecule has 1 fully saturated rings. The molecule has 0 atom stereocenters. The number of nitrogens with one attached hydrogen (secondary N) is 3. The molecule has 1 aromatic carbocycles. The third-order valence-corrected chi connectivity index (χ3v) is 8.90. The van der Waals surface area contributed by atoms with Crippen LogP contribution >= 0.6 is 12.4 Å². The summed E-state index contributed by atoms with van der Waals surface area (Å²) >= 11 is 0. The summed E-state index contributed by atoms with van der Waals surface area (Å²) in [6, 6.07) is 3.93. The SMILES string of the molecule is CCN(C)S(=O)(=O)Nc1ccc(F)c(C(=O)c2c[nH]c3ncc(-c4cnc(N5CCC(NC)CC5)nc4)cc23)c1F.Cl. The Balaban J connectivity index is 0.00000405. The number of aromatic nitrogens is 4. The van der Waals surface area contributed by atoms with Gasteiger partial charge in [0.15, 0.2) is 5.82 Å². The van der Waals surface area contributed by atoms with Crippen molar-refractivity contribution in [3.63, 3.8) is 0 Å². The highest BCUT2D eigenvalue weighted by atomic mass is 35.5. The van der Waals surface area contributed by atoms with Crippen LogP contribution in [-0.4, -0.2) is 78.2 Å². The van der Waals surface area contributed by atoms with Gasteiger partial charge in [-0.2, -0.15) is 12.7 Å². The van der Waals surface area contributed by atoms with Crippen molar-refractivity contribution >= 4 is 51.1 Å². The van der Waals surface area contributed by atoms with Crippen LogP contribution in [0.2, 0.25) is 0 Å². The minimum Gasteiger partial charge on any atom is -0.345 e. The monoisotopic (exact) mass is 620 g/mol. The molecule has 0 amide bonds. The lowest BCUT2D eigenvalue weighted by Gasteiger charge is -2.31. The summed E-state index contributed by atoms with van der Waals surface area (Å²) in [5.74, 6) is -2.78. The molecule has 1 aliphatic heterocycles. The van der Waals surface area contributed by atoms with Crippen LogP contribution in [0.3, 0.4) is 0 Å². The fraction of sp³-hybridized carbons (Fsp3) is 0.333. The van der Waals surface area contributed by atoms with Crippen molar-refractivity contribution in [2.45, 2.75) is 25.8 Å². The van der Waals surface area contributed by atoms with Crippen LogP contribution in [0.5, 0.6) is 0 Å². The van der Waals surface area contributed by atoms with Gasteiger partial charge in [0, 0.05) is 79.6 Å². The molecule has 3 N–H and O–H groups in total. The topological polar surface area (TPSA) is 136 Å². The van der Waals surface area contributed by atoms with E-state index in [1.807, 2.05) is 7.05 Å². The number of anilines is 2. The second-order valence-electron chi connectivity index (χ2n) is 9.78. The van der Waals surface area contributed by atoms with Crippen molar-refractivity contribution in [1.82, 2.24) is 29.6 Å². The first-order valence-corrected chi connectivity index (χ1v) is 14.6. The van der Waals surface area contributed by atoms with Crippen molar-refractivity contribution in [2.24, 2.45) is 0 Å². The Labute approximate surface area is 248 Å². The van der Waals surface area contributed by atoms with Crippen molar-refractivity contribution < 1.29 is 22.0 Å². The molecule has 3 aromatic heterocycles. The average Bonchev–Trinajstić information content (AvgIpc) is 3.41. The summed E-state index contributed by atoms with van der Waals surface area (Å²) in [5, 5.41) is 3.63. The fourth-order valence-corrected chi connectivity index (χ4v) is 5.64. The molecule has 11 nitrogen and oxygen atoms in total. The first-order chi connectivity index (χ1) is 19.6. The number of hydrogen-bond donors (Lipinski definition) is 3. The molecule has 0 unspecified atom stereocenters. The second kappa shape index (κ2) is 12.7. The van der Waals surface area contributed by atoms with Crippen molar-refractivity contribution in [1.29, 1.82) is 0 Å². The van der Waals surface area contributed by atoms with E-state index in [-0.39, 0.29) is 24.5 Å². The summed E-state index contributed by atoms with van der Waals surface area (Å²) < 4.78 is 58.0. The molecule has 1 saturated heterocycles. The first kappa shape index (κ1) is 31.2. The number of fused-ring (bicyclic) bond motifs is 1. The van der Waals surface area contributed by atoms with Crippen LogP contribution in [0.15, 0.2) is 43.0 Å². The number of H-pyrrole nitrogens is 1. The van der Waals surface area contributed by atoms with E-state index in [4.69, 9.17) is 0 Å².